The Balaban J connectivity index is 1.47. The van der Waals surface area contributed by atoms with Gasteiger partial charge in [-0.3, -0.25) is 14.5 Å². The molecule has 0 saturated carbocycles. The predicted molar refractivity (Wildman–Crippen MR) is 116 cm³/mol. The Morgan fingerprint density at radius 1 is 1.00 bits per heavy atom. The predicted octanol–water partition coefficient (Wildman–Crippen LogP) is 3.46. The van der Waals surface area contributed by atoms with Crippen molar-refractivity contribution in [3.05, 3.63) is 35.4 Å². The molecule has 1 aromatic carbocycles. The van der Waals surface area contributed by atoms with Crippen molar-refractivity contribution in [2.24, 2.45) is 5.92 Å². The van der Waals surface area contributed by atoms with Crippen LogP contribution in [0, 0.1) is 12.8 Å². The van der Waals surface area contributed by atoms with Crippen LogP contribution in [0.15, 0.2) is 24.3 Å². The molecule has 0 aromatic heterocycles. The number of aryl methyl sites for hydroxylation is 1. The van der Waals surface area contributed by atoms with Crippen LogP contribution in [0.2, 0.25) is 0 Å². The highest BCUT2D eigenvalue weighted by Crippen LogP contribution is 2.22. The summed E-state index contributed by atoms with van der Waals surface area (Å²) in [7, 11) is 0. The third kappa shape index (κ3) is 6.30. The van der Waals surface area contributed by atoms with Gasteiger partial charge in [-0.1, -0.05) is 36.8 Å². The van der Waals surface area contributed by atoms with Crippen LogP contribution < -0.4 is 0 Å². The van der Waals surface area contributed by atoms with Crippen molar-refractivity contribution >= 4 is 11.8 Å². The van der Waals surface area contributed by atoms with Crippen LogP contribution in [0.1, 0.15) is 56.6 Å². The monoisotopic (exact) mass is 399 g/mol. The molecule has 2 saturated heterocycles. The molecule has 3 rings (SSSR count). The van der Waals surface area contributed by atoms with E-state index in [-0.39, 0.29) is 11.8 Å². The molecule has 0 bridgehead atoms. The van der Waals surface area contributed by atoms with Crippen molar-refractivity contribution in [3.8, 4) is 0 Å². The first-order valence-electron chi connectivity index (χ1n) is 11.4. The summed E-state index contributed by atoms with van der Waals surface area (Å²) in [6.07, 6.45) is 6.27. The zero-order valence-electron chi connectivity index (χ0n) is 18.2. The van der Waals surface area contributed by atoms with Crippen LogP contribution in [-0.4, -0.2) is 65.8 Å². The summed E-state index contributed by atoms with van der Waals surface area (Å²) in [5, 5.41) is 0. The average Bonchev–Trinajstić information content (AvgIpc) is 2.75. The Labute approximate surface area is 176 Å². The Morgan fingerprint density at radius 3 is 2.28 bits per heavy atom. The number of rotatable bonds is 7. The van der Waals surface area contributed by atoms with Crippen molar-refractivity contribution in [1.82, 2.24) is 14.7 Å². The number of benzene rings is 1. The molecule has 2 aliphatic heterocycles. The molecule has 1 aromatic rings. The number of nitrogens with zero attached hydrogens (tertiary/aromatic N) is 3. The lowest BCUT2D eigenvalue weighted by atomic mass is 9.94. The van der Waals surface area contributed by atoms with Gasteiger partial charge >= 0.3 is 0 Å². The van der Waals surface area contributed by atoms with E-state index in [1.165, 1.54) is 17.5 Å². The van der Waals surface area contributed by atoms with Gasteiger partial charge in [0.2, 0.25) is 11.8 Å². The molecular weight excluding hydrogens is 362 g/mol. The van der Waals surface area contributed by atoms with Crippen LogP contribution >= 0.6 is 0 Å². The molecule has 2 heterocycles. The highest BCUT2D eigenvalue weighted by molar-refractivity contribution is 5.79. The van der Waals surface area contributed by atoms with Gasteiger partial charge in [0.15, 0.2) is 0 Å². The van der Waals surface area contributed by atoms with Crippen LogP contribution in [0.5, 0.6) is 0 Å². The molecule has 2 fully saturated rings. The molecule has 0 atom stereocenters. The van der Waals surface area contributed by atoms with Crippen molar-refractivity contribution in [2.75, 3.05) is 39.3 Å². The molecule has 29 heavy (non-hydrogen) atoms. The Morgan fingerprint density at radius 2 is 1.66 bits per heavy atom. The summed E-state index contributed by atoms with van der Waals surface area (Å²) in [5.74, 6) is 0.703. The molecule has 0 N–H and O–H groups in total. The quantitative estimate of drug-likeness (QED) is 0.705. The summed E-state index contributed by atoms with van der Waals surface area (Å²) in [6, 6.07) is 8.44. The first-order chi connectivity index (χ1) is 14.1. The lowest BCUT2D eigenvalue weighted by Gasteiger charge is -2.36. The van der Waals surface area contributed by atoms with Gasteiger partial charge in [0.1, 0.15) is 0 Å². The maximum atomic E-state index is 12.9. The fourth-order valence-corrected chi connectivity index (χ4v) is 4.48. The number of likely N-dealkylation sites (tertiary alicyclic amines) is 2. The van der Waals surface area contributed by atoms with E-state index < -0.39 is 0 Å². The second-order valence-electron chi connectivity index (χ2n) is 8.74. The minimum atomic E-state index is 0.152. The minimum absolute atomic E-state index is 0.152. The molecule has 2 aliphatic rings. The van der Waals surface area contributed by atoms with Crippen LogP contribution in [0.4, 0.5) is 0 Å². The van der Waals surface area contributed by atoms with Gasteiger partial charge in [0, 0.05) is 32.1 Å². The molecule has 0 unspecified atom stereocenters. The number of amides is 2. The first-order valence-corrected chi connectivity index (χ1v) is 11.4. The number of carbonyl (C=O) groups is 2. The van der Waals surface area contributed by atoms with Crippen LogP contribution in [-0.2, 0) is 16.1 Å². The minimum Gasteiger partial charge on any atom is -0.342 e. The van der Waals surface area contributed by atoms with Gasteiger partial charge in [0.05, 0.1) is 6.54 Å². The Hall–Kier alpha value is -1.88. The van der Waals surface area contributed by atoms with Gasteiger partial charge in [-0.25, -0.2) is 0 Å². The van der Waals surface area contributed by atoms with Gasteiger partial charge in [-0.15, -0.1) is 0 Å². The third-order valence-electron chi connectivity index (χ3n) is 6.30. The highest BCUT2D eigenvalue weighted by atomic mass is 16.2. The van der Waals surface area contributed by atoms with Gasteiger partial charge < -0.3 is 9.80 Å². The fraction of sp³-hybridized carbons (Fsp3) is 0.667. The van der Waals surface area contributed by atoms with E-state index in [9.17, 15) is 9.59 Å². The molecular formula is C24H37N3O2. The Bertz CT molecular complexity index is 659. The molecule has 5 nitrogen and oxygen atoms in total. The van der Waals surface area contributed by atoms with Gasteiger partial charge in [-0.2, -0.15) is 0 Å². The lowest BCUT2D eigenvalue weighted by molar-refractivity contribution is -0.138. The largest absolute Gasteiger partial charge is 0.342 e. The van der Waals surface area contributed by atoms with E-state index in [1.54, 1.807) is 0 Å². The van der Waals surface area contributed by atoms with Crippen molar-refractivity contribution in [2.45, 2.75) is 58.9 Å². The zero-order valence-corrected chi connectivity index (χ0v) is 18.2. The summed E-state index contributed by atoms with van der Waals surface area (Å²) >= 11 is 0. The van der Waals surface area contributed by atoms with Gasteiger partial charge in [-0.05, 0) is 64.1 Å². The van der Waals surface area contributed by atoms with E-state index in [0.717, 1.165) is 64.8 Å². The van der Waals surface area contributed by atoms with E-state index in [0.29, 0.717) is 19.0 Å². The third-order valence-corrected chi connectivity index (χ3v) is 6.30. The molecule has 5 heteroatoms. The number of hydrogen-bond acceptors (Lipinski definition) is 3. The van der Waals surface area contributed by atoms with Crippen LogP contribution in [0.25, 0.3) is 0 Å². The summed E-state index contributed by atoms with van der Waals surface area (Å²) in [4.78, 5) is 32.0. The lowest BCUT2D eigenvalue weighted by Crippen LogP contribution is -2.47. The summed E-state index contributed by atoms with van der Waals surface area (Å²) < 4.78 is 0. The molecule has 0 aliphatic carbocycles. The van der Waals surface area contributed by atoms with Gasteiger partial charge in [0.25, 0.3) is 0 Å². The van der Waals surface area contributed by atoms with Crippen molar-refractivity contribution < 1.29 is 9.59 Å². The zero-order chi connectivity index (χ0) is 20.6. The normalized spacial score (nSPS) is 18.6. The van der Waals surface area contributed by atoms with E-state index in [4.69, 9.17) is 0 Å². The topological polar surface area (TPSA) is 43.9 Å². The van der Waals surface area contributed by atoms with Crippen molar-refractivity contribution in [3.63, 3.8) is 0 Å². The van der Waals surface area contributed by atoms with E-state index >= 15 is 0 Å². The van der Waals surface area contributed by atoms with E-state index in [1.807, 2.05) is 4.90 Å². The van der Waals surface area contributed by atoms with Crippen LogP contribution in [0.3, 0.4) is 0 Å². The number of hydrogen-bond donors (Lipinski definition) is 0. The SMILES string of the molecule is CCCN(Cc1ccc(C)cc1)C(=O)CN1CCC(C(=O)N2CCCCC2)CC1. The second-order valence-corrected chi connectivity index (χ2v) is 8.74. The molecule has 0 radical (unpaired) electrons. The smallest absolute Gasteiger partial charge is 0.237 e. The maximum absolute atomic E-state index is 12.9. The number of piperidine rings is 2. The fourth-order valence-electron chi connectivity index (χ4n) is 4.48. The Kier molecular flexibility index (Phi) is 8.10. The van der Waals surface area contributed by atoms with E-state index in [2.05, 4.69) is 47.9 Å². The molecule has 2 amide bonds. The molecule has 160 valence electrons. The first kappa shape index (κ1) is 21.8. The molecule has 0 spiro atoms. The maximum Gasteiger partial charge on any atom is 0.237 e. The van der Waals surface area contributed by atoms with Crippen molar-refractivity contribution in [1.29, 1.82) is 0 Å². The number of carbonyl (C=O) groups excluding carboxylic acids is 2. The summed E-state index contributed by atoms with van der Waals surface area (Å²) in [5.41, 5.74) is 2.42. The second kappa shape index (κ2) is 10.8. The average molecular weight is 400 g/mol. The standard InChI is InChI=1S/C24H37N3O2/c1-3-13-27(18-21-9-7-20(2)8-10-21)23(28)19-25-16-11-22(12-17-25)24(29)26-14-5-4-6-15-26/h7-10,22H,3-6,11-19H2,1-2H3. The highest BCUT2D eigenvalue weighted by Gasteiger charge is 2.30. The summed E-state index contributed by atoms with van der Waals surface area (Å²) in [6.45, 7) is 9.70.